The standard InChI is InChI=1S/C21H18N4O2/c26-21(17-13-19(27-24-17)14-7-2-1-3-8-14)25-12-6-11-18(25)20-22-15-9-4-5-10-16(15)23-20/h1-5,7-10,13,18H,6,11-12H2,(H,22,23)/t18-/m1/s1. The van der Waals surface area contributed by atoms with E-state index in [-0.39, 0.29) is 11.9 Å². The SMILES string of the molecule is O=C(c1cc(-c2ccccc2)on1)N1CCC[C@@H]1c1nc2ccccc2[nH]1. The van der Waals surface area contributed by atoms with Crippen LogP contribution >= 0.6 is 0 Å². The van der Waals surface area contributed by atoms with Crippen LogP contribution in [-0.4, -0.2) is 32.5 Å². The molecule has 1 N–H and O–H groups in total. The van der Waals surface area contributed by atoms with Crippen LogP contribution in [-0.2, 0) is 0 Å². The van der Waals surface area contributed by atoms with Crippen molar-refractivity contribution in [1.82, 2.24) is 20.0 Å². The number of para-hydroxylation sites is 2. The summed E-state index contributed by atoms with van der Waals surface area (Å²) >= 11 is 0. The van der Waals surface area contributed by atoms with Crippen molar-refractivity contribution >= 4 is 16.9 Å². The van der Waals surface area contributed by atoms with E-state index in [1.807, 2.05) is 59.5 Å². The lowest BCUT2D eigenvalue weighted by molar-refractivity contribution is 0.0720. The number of hydrogen-bond donors (Lipinski definition) is 1. The minimum Gasteiger partial charge on any atom is -0.355 e. The molecule has 2 aromatic heterocycles. The number of aromatic amines is 1. The Labute approximate surface area is 155 Å². The predicted molar refractivity (Wildman–Crippen MR) is 101 cm³/mol. The van der Waals surface area contributed by atoms with Gasteiger partial charge in [-0.05, 0) is 25.0 Å². The van der Waals surface area contributed by atoms with Crippen molar-refractivity contribution in [1.29, 1.82) is 0 Å². The van der Waals surface area contributed by atoms with E-state index < -0.39 is 0 Å². The molecule has 2 aromatic carbocycles. The first-order valence-electron chi connectivity index (χ1n) is 9.07. The monoisotopic (exact) mass is 358 g/mol. The lowest BCUT2D eigenvalue weighted by Crippen LogP contribution is -2.31. The molecule has 1 fully saturated rings. The molecule has 134 valence electrons. The molecule has 0 radical (unpaired) electrons. The van der Waals surface area contributed by atoms with Gasteiger partial charge in [-0.3, -0.25) is 4.79 Å². The number of nitrogens with one attached hydrogen (secondary N) is 1. The second-order valence-electron chi connectivity index (χ2n) is 6.74. The van der Waals surface area contributed by atoms with Gasteiger partial charge >= 0.3 is 0 Å². The highest BCUT2D eigenvalue weighted by Gasteiger charge is 2.34. The van der Waals surface area contributed by atoms with Gasteiger partial charge in [-0.25, -0.2) is 4.98 Å². The van der Waals surface area contributed by atoms with Crippen LogP contribution in [0, 0.1) is 0 Å². The van der Waals surface area contributed by atoms with Crippen molar-refractivity contribution < 1.29 is 9.32 Å². The number of fused-ring (bicyclic) bond motifs is 1. The topological polar surface area (TPSA) is 75.0 Å². The van der Waals surface area contributed by atoms with Gasteiger partial charge in [0.25, 0.3) is 5.91 Å². The van der Waals surface area contributed by atoms with Crippen molar-refractivity contribution in [3.05, 3.63) is 72.2 Å². The number of nitrogens with zero attached hydrogens (tertiary/aromatic N) is 3. The zero-order valence-electron chi connectivity index (χ0n) is 14.6. The first-order chi connectivity index (χ1) is 13.3. The number of aromatic nitrogens is 3. The number of carbonyl (C=O) groups is 1. The zero-order valence-corrected chi connectivity index (χ0v) is 14.6. The number of imidazole rings is 1. The van der Waals surface area contributed by atoms with Crippen LogP contribution in [0.15, 0.2) is 65.2 Å². The third-order valence-electron chi connectivity index (χ3n) is 5.02. The van der Waals surface area contributed by atoms with E-state index in [1.165, 1.54) is 0 Å². The normalized spacial score (nSPS) is 16.9. The molecular formula is C21H18N4O2. The molecule has 0 spiro atoms. The Balaban J connectivity index is 1.43. The van der Waals surface area contributed by atoms with Gasteiger partial charge in [0.2, 0.25) is 0 Å². The van der Waals surface area contributed by atoms with Crippen LogP contribution in [0.3, 0.4) is 0 Å². The lowest BCUT2D eigenvalue weighted by atomic mass is 10.1. The Morgan fingerprint density at radius 2 is 1.93 bits per heavy atom. The molecule has 3 heterocycles. The van der Waals surface area contributed by atoms with Gasteiger partial charge in [0.1, 0.15) is 5.82 Å². The first-order valence-corrected chi connectivity index (χ1v) is 9.07. The maximum absolute atomic E-state index is 13.1. The van der Waals surface area contributed by atoms with Crippen LogP contribution in [0.2, 0.25) is 0 Å². The summed E-state index contributed by atoms with van der Waals surface area (Å²) in [5.74, 6) is 1.30. The molecule has 6 nitrogen and oxygen atoms in total. The highest BCUT2D eigenvalue weighted by atomic mass is 16.5. The molecule has 1 amide bonds. The van der Waals surface area contributed by atoms with Gasteiger partial charge in [0.05, 0.1) is 17.1 Å². The van der Waals surface area contributed by atoms with E-state index in [0.717, 1.165) is 35.3 Å². The fraction of sp³-hybridized carbons (Fsp3) is 0.190. The zero-order chi connectivity index (χ0) is 18.2. The summed E-state index contributed by atoms with van der Waals surface area (Å²) < 4.78 is 5.40. The number of hydrogen-bond acceptors (Lipinski definition) is 4. The summed E-state index contributed by atoms with van der Waals surface area (Å²) in [5.41, 5.74) is 3.13. The van der Waals surface area contributed by atoms with Crippen molar-refractivity contribution in [2.75, 3.05) is 6.54 Å². The Kier molecular flexibility index (Phi) is 3.74. The van der Waals surface area contributed by atoms with Crippen molar-refractivity contribution in [2.24, 2.45) is 0 Å². The minimum absolute atomic E-state index is 0.0678. The second-order valence-corrected chi connectivity index (χ2v) is 6.74. The van der Waals surface area contributed by atoms with E-state index in [2.05, 4.69) is 15.1 Å². The maximum atomic E-state index is 13.1. The van der Waals surface area contributed by atoms with Gasteiger partial charge in [-0.15, -0.1) is 0 Å². The van der Waals surface area contributed by atoms with Crippen LogP contribution in [0.4, 0.5) is 0 Å². The van der Waals surface area contributed by atoms with Crippen LogP contribution in [0.25, 0.3) is 22.4 Å². The molecule has 6 heteroatoms. The first kappa shape index (κ1) is 15.8. The molecule has 1 atom stereocenters. The fourth-order valence-corrected chi connectivity index (χ4v) is 3.69. The van der Waals surface area contributed by atoms with E-state index in [1.54, 1.807) is 6.07 Å². The molecule has 1 aliphatic rings. The molecule has 0 unspecified atom stereocenters. The van der Waals surface area contributed by atoms with Crippen molar-refractivity contribution in [3.63, 3.8) is 0 Å². The Morgan fingerprint density at radius 3 is 2.78 bits per heavy atom. The van der Waals surface area contributed by atoms with Crippen LogP contribution < -0.4 is 0 Å². The number of rotatable bonds is 3. The summed E-state index contributed by atoms with van der Waals surface area (Å²) in [4.78, 5) is 22.9. The Hall–Kier alpha value is -3.41. The van der Waals surface area contributed by atoms with E-state index >= 15 is 0 Å². The molecule has 27 heavy (non-hydrogen) atoms. The average molecular weight is 358 g/mol. The van der Waals surface area contributed by atoms with Gasteiger partial charge in [0.15, 0.2) is 11.5 Å². The van der Waals surface area contributed by atoms with Gasteiger partial charge in [-0.2, -0.15) is 0 Å². The van der Waals surface area contributed by atoms with Crippen LogP contribution in [0.5, 0.6) is 0 Å². The predicted octanol–water partition coefficient (Wildman–Crippen LogP) is 4.20. The smallest absolute Gasteiger partial charge is 0.276 e. The highest BCUT2D eigenvalue weighted by Crippen LogP contribution is 2.33. The van der Waals surface area contributed by atoms with E-state index in [9.17, 15) is 4.79 Å². The number of amides is 1. The number of likely N-dealkylation sites (tertiary alicyclic amines) is 1. The summed E-state index contributed by atoms with van der Waals surface area (Å²) in [6.45, 7) is 0.689. The summed E-state index contributed by atoms with van der Waals surface area (Å²) in [6.07, 6.45) is 1.83. The molecule has 0 bridgehead atoms. The van der Waals surface area contributed by atoms with Crippen molar-refractivity contribution in [3.8, 4) is 11.3 Å². The van der Waals surface area contributed by atoms with Crippen LogP contribution in [0.1, 0.15) is 35.2 Å². The molecule has 1 saturated heterocycles. The maximum Gasteiger partial charge on any atom is 0.276 e. The third kappa shape index (κ3) is 2.79. The molecule has 4 aromatic rings. The second kappa shape index (κ2) is 6.39. The highest BCUT2D eigenvalue weighted by molar-refractivity contribution is 5.93. The van der Waals surface area contributed by atoms with Gasteiger partial charge < -0.3 is 14.4 Å². The van der Waals surface area contributed by atoms with Gasteiger partial charge in [-0.1, -0.05) is 47.6 Å². The van der Waals surface area contributed by atoms with Crippen molar-refractivity contribution in [2.45, 2.75) is 18.9 Å². The number of H-pyrrole nitrogens is 1. The molecule has 1 aliphatic heterocycles. The largest absolute Gasteiger partial charge is 0.355 e. The van der Waals surface area contributed by atoms with E-state index in [4.69, 9.17) is 4.52 Å². The minimum atomic E-state index is -0.121. The number of carbonyl (C=O) groups excluding carboxylic acids is 1. The third-order valence-corrected chi connectivity index (χ3v) is 5.02. The summed E-state index contributed by atoms with van der Waals surface area (Å²) in [5, 5.41) is 4.01. The Morgan fingerprint density at radius 1 is 1.11 bits per heavy atom. The van der Waals surface area contributed by atoms with Gasteiger partial charge in [0, 0.05) is 18.2 Å². The fourth-order valence-electron chi connectivity index (χ4n) is 3.69. The summed E-state index contributed by atoms with van der Waals surface area (Å²) in [6, 6.07) is 19.2. The molecule has 5 rings (SSSR count). The molecule has 0 aliphatic carbocycles. The molecular weight excluding hydrogens is 340 g/mol. The average Bonchev–Trinajstić information content (AvgIpc) is 3.46. The lowest BCUT2D eigenvalue weighted by Gasteiger charge is -2.21. The molecule has 0 saturated carbocycles. The Bertz CT molecular complexity index is 1070. The quantitative estimate of drug-likeness (QED) is 0.596. The number of benzene rings is 2. The summed E-state index contributed by atoms with van der Waals surface area (Å²) in [7, 11) is 0. The van der Waals surface area contributed by atoms with E-state index in [0.29, 0.717) is 18.0 Å².